The topological polar surface area (TPSA) is 30.4 Å². The van der Waals surface area contributed by atoms with E-state index in [0.29, 0.717) is 11.0 Å². The van der Waals surface area contributed by atoms with Crippen LogP contribution in [0.25, 0.3) is 49.1 Å². The molecule has 0 saturated heterocycles. The first-order chi connectivity index (χ1) is 13.5. The number of benzene rings is 3. The third-order valence-electron chi connectivity index (χ3n) is 6.00. The molecule has 3 heterocycles. The predicted octanol–water partition coefficient (Wildman–Crippen LogP) is 6.60. The first kappa shape index (κ1) is 15.6. The smallest absolute Gasteiger partial charge is 0.169 e. The molecule has 0 aliphatic carbocycles. The van der Waals surface area contributed by atoms with Gasteiger partial charge in [0.1, 0.15) is 17.5 Å². The molecule has 3 nitrogen and oxygen atoms in total. The number of halogens is 1. The Bertz CT molecular complexity index is 1600. The molecule has 4 heteroatoms. The van der Waals surface area contributed by atoms with Crippen LogP contribution in [0.2, 0.25) is 0 Å². The minimum absolute atomic E-state index is 0.333. The Labute approximate surface area is 160 Å². The van der Waals surface area contributed by atoms with Crippen LogP contribution < -0.4 is 0 Å². The molecule has 28 heavy (non-hydrogen) atoms. The number of furan rings is 1. The summed E-state index contributed by atoms with van der Waals surface area (Å²) in [5, 5.41) is 6.05. The molecule has 0 fully saturated rings. The van der Waals surface area contributed by atoms with E-state index < -0.39 is 0 Å². The Morgan fingerprint density at radius 3 is 2.57 bits per heavy atom. The molecule has 0 amide bonds. The van der Waals surface area contributed by atoms with Gasteiger partial charge in [-0.3, -0.25) is 4.40 Å². The van der Waals surface area contributed by atoms with Gasteiger partial charge >= 0.3 is 0 Å². The van der Waals surface area contributed by atoms with Crippen molar-refractivity contribution in [2.24, 2.45) is 0 Å². The number of hydrogen-bond acceptors (Lipinski definition) is 2. The molecule has 3 aromatic heterocycles. The Balaban J connectivity index is 1.99. The van der Waals surface area contributed by atoms with Gasteiger partial charge in [-0.15, -0.1) is 0 Å². The van der Waals surface area contributed by atoms with E-state index in [0.717, 1.165) is 38.7 Å². The number of fused-ring (bicyclic) bond motifs is 8. The van der Waals surface area contributed by atoms with Crippen LogP contribution in [0.3, 0.4) is 0 Å². The Hall–Kier alpha value is -3.40. The minimum atomic E-state index is -0.333. The molecule has 0 aliphatic heterocycles. The fraction of sp³-hybridized carbons (Fsp3) is 0.125. The van der Waals surface area contributed by atoms with E-state index in [1.807, 2.05) is 19.1 Å². The summed E-state index contributed by atoms with van der Waals surface area (Å²) in [4.78, 5) is 4.86. The fourth-order valence-electron chi connectivity index (χ4n) is 4.41. The van der Waals surface area contributed by atoms with Gasteiger partial charge in [-0.25, -0.2) is 9.37 Å². The Morgan fingerprint density at radius 2 is 1.71 bits per heavy atom. The number of nitrogens with zero attached hydrogens (tertiary/aromatic N) is 2. The van der Waals surface area contributed by atoms with Crippen molar-refractivity contribution in [2.75, 3.05) is 0 Å². The summed E-state index contributed by atoms with van der Waals surface area (Å²) in [5.41, 5.74) is 5.75. The largest absolute Gasteiger partial charge is 0.461 e. The molecule has 0 atom stereocenters. The number of aromatic nitrogens is 2. The number of hydrogen-bond donors (Lipinski definition) is 0. The van der Waals surface area contributed by atoms with Gasteiger partial charge in [-0.1, -0.05) is 18.2 Å². The van der Waals surface area contributed by atoms with Crippen LogP contribution in [-0.4, -0.2) is 9.38 Å². The molecular formula is C24H17FN2O. The van der Waals surface area contributed by atoms with Crippen molar-refractivity contribution in [3.05, 3.63) is 71.5 Å². The molecule has 0 aliphatic rings. The first-order valence-electron chi connectivity index (χ1n) is 9.34. The summed E-state index contributed by atoms with van der Waals surface area (Å²) in [5.74, 6) is -0.333. The van der Waals surface area contributed by atoms with Crippen LogP contribution in [0, 0.1) is 26.6 Å². The van der Waals surface area contributed by atoms with Crippen LogP contribution in [0.1, 0.15) is 17.0 Å². The molecule has 0 saturated carbocycles. The van der Waals surface area contributed by atoms with E-state index in [4.69, 9.17) is 9.40 Å². The number of aryl methyl sites for hydroxylation is 3. The highest BCUT2D eigenvalue weighted by Crippen LogP contribution is 2.37. The molecule has 6 rings (SSSR count). The zero-order valence-electron chi connectivity index (χ0n) is 15.8. The van der Waals surface area contributed by atoms with E-state index in [2.05, 4.69) is 48.6 Å². The highest BCUT2D eigenvalue weighted by atomic mass is 19.1. The zero-order valence-corrected chi connectivity index (χ0v) is 15.8. The lowest BCUT2D eigenvalue weighted by molar-refractivity contribution is 0.558. The lowest BCUT2D eigenvalue weighted by Gasteiger charge is -2.12. The van der Waals surface area contributed by atoms with Crippen LogP contribution in [0.15, 0.2) is 53.1 Å². The number of imidazole rings is 1. The highest BCUT2D eigenvalue weighted by Gasteiger charge is 2.17. The quantitative estimate of drug-likeness (QED) is 0.223. The van der Waals surface area contributed by atoms with Crippen LogP contribution in [0.5, 0.6) is 0 Å². The summed E-state index contributed by atoms with van der Waals surface area (Å²) in [7, 11) is 0. The lowest BCUT2D eigenvalue weighted by atomic mass is 9.98. The summed E-state index contributed by atoms with van der Waals surface area (Å²) in [6.45, 7) is 6.21. The third kappa shape index (κ3) is 1.84. The molecule has 6 aromatic rings. The highest BCUT2D eigenvalue weighted by molar-refractivity contribution is 6.18. The summed E-state index contributed by atoms with van der Waals surface area (Å²) in [6.07, 6.45) is 1.18. The fourth-order valence-corrected chi connectivity index (χ4v) is 4.41. The third-order valence-corrected chi connectivity index (χ3v) is 6.00. The SMILES string of the molecule is Cc1nc2c3cc4cccc(C)c4cc3c3cc4c(F)coc4cc3n2c1C. The Morgan fingerprint density at radius 1 is 0.893 bits per heavy atom. The summed E-state index contributed by atoms with van der Waals surface area (Å²) >= 11 is 0. The van der Waals surface area contributed by atoms with Crippen molar-refractivity contribution in [2.45, 2.75) is 20.8 Å². The average Bonchev–Trinajstić information content (AvgIpc) is 3.20. The van der Waals surface area contributed by atoms with Gasteiger partial charge in [-0.05, 0) is 60.7 Å². The van der Waals surface area contributed by atoms with Crippen LogP contribution >= 0.6 is 0 Å². The molecule has 3 aromatic carbocycles. The van der Waals surface area contributed by atoms with Crippen molar-refractivity contribution in [1.29, 1.82) is 0 Å². The molecule has 0 spiro atoms. The maximum atomic E-state index is 14.3. The molecule has 0 unspecified atom stereocenters. The molecule has 0 N–H and O–H groups in total. The molecule has 0 bridgehead atoms. The van der Waals surface area contributed by atoms with Gasteiger partial charge < -0.3 is 4.42 Å². The van der Waals surface area contributed by atoms with Gasteiger partial charge in [0.05, 0.1) is 16.6 Å². The predicted molar refractivity (Wildman–Crippen MR) is 112 cm³/mol. The normalized spacial score (nSPS) is 12.3. The minimum Gasteiger partial charge on any atom is -0.461 e. The molecular weight excluding hydrogens is 351 g/mol. The monoisotopic (exact) mass is 368 g/mol. The van der Waals surface area contributed by atoms with Gasteiger partial charge in [-0.2, -0.15) is 0 Å². The van der Waals surface area contributed by atoms with Crippen molar-refractivity contribution in [3.8, 4) is 0 Å². The Kier molecular flexibility index (Phi) is 2.85. The second-order valence-electron chi connectivity index (χ2n) is 7.58. The van der Waals surface area contributed by atoms with Crippen molar-refractivity contribution in [3.63, 3.8) is 0 Å². The maximum Gasteiger partial charge on any atom is 0.169 e. The van der Waals surface area contributed by atoms with Crippen molar-refractivity contribution >= 4 is 49.1 Å². The van der Waals surface area contributed by atoms with E-state index in [1.165, 1.54) is 22.6 Å². The summed E-state index contributed by atoms with van der Waals surface area (Å²) in [6, 6.07) is 14.6. The lowest BCUT2D eigenvalue weighted by Crippen LogP contribution is -1.94. The van der Waals surface area contributed by atoms with E-state index in [-0.39, 0.29) is 5.82 Å². The van der Waals surface area contributed by atoms with Gasteiger partial charge in [0.2, 0.25) is 0 Å². The molecule has 136 valence electrons. The maximum absolute atomic E-state index is 14.3. The standard InChI is InChI=1S/C24H17FN2O/c1-12-5-4-6-15-7-19-17(8-16(12)15)18-9-20-21(25)11-28-23(20)10-22(18)27-14(3)13(2)26-24(19)27/h4-11H,1-3H3. The van der Waals surface area contributed by atoms with E-state index in [9.17, 15) is 4.39 Å². The van der Waals surface area contributed by atoms with E-state index >= 15 is 0 Å². The number of rotatable bonds is 0. The molecule has 0 radical (unpaired) electrons. The average molecular weight is 368 g/mol. The zero-order chi connectivity index (χ0) is 19.2. The van der Waals surface area contributed by atoms with E-state index in [1.54, 1.807) is 0 Å². The first-order valence-corrected chi connectivity index (χ1v) is 9.34. The van der Waals surface area contributed by atoms with Crippen LogP contribution in [-0.2, 0) is 0 Å². The van der Waals surface area contributed by atoms with Crippen LogP contribution in [0.4, 0.5) is 4.39 Å². The van der Waals surface area contributed by atoms with Gasteiger partial charge in [0.25, 0.3) is 0 Å². The second kappa shape index (κ2) is 5.10. The van der Waals surface area contributed by atoms with Crippen molar-refractivity contribution in [1.82, 2.24) is 9.38 Å². The second-order valence-corrected chi connectivity index (χ2v) is 7.58. The van der Waals surface area contributed by atoms with Gasteiger partial charge in [0, 0.05) is 22.5 Å². The number of pyridine rings is 1. The van der Waals surface area contributed by atoms with Gasteiger partial charge in [0.15, 0.2) is 5.82 Å². The summed E-state index contributed by atoms with van der Waals surface area (Å²) < 4.78 is 21.9. The van der Waals surface area contributed by atoms with Crippen molar-refractivity contribution < 1.29 is 8.81 Å².